The van der Waals surface area contributed by atoms with Crippen LogP contribution in [0.4, 0.5) is 0 Å². The lowest BCUT2D eigenvalue weighted by molar-refractivity contribution is 0.400. The van der Waals surface area contributed by atoms with Crippen LogP contribution in [-0.2, 0) is 0 Å². The van der Waals surface area contributed by atoms with Crippen LogP contribution >= 0.6 is 0 Å². The maximum Gasteiger partial charge on any atom is 0.221 e. The van der Waals surface area contributed by atoms with Gasteiger partial charge in [0.15, 0.2) is 0 Å². The van der Waals surface area contributed by atoms with Crippen molar-refractivity contribution in [2.75, 3.05) is 7.11 Å². The molecule has 0 aliphatic heterocycles. The van der Waals surface area contributed by atoms with Gasteiger partial charge >= 0.3 is 0 Å². The largest absolute Gasteiger partial charge is 0.481 e. The third-order valence-electron chi connectivity index (χ3n) is 3.49. The molecule has 104 valence electrons. The molecule has 3 rings (SSSR count). The molecule has 21 heavy (non-hydrogen) atoms. The Balaban J connectivity index is 2.06. The Morgan fingerprint density at radius 3 is 2.14 bits per heavy atom. The van der Waals surface area contributed by atoms with Crippen LogP contribution in [0.2, 0.25) is 0 Å². The lowest BCUT2D eigenvalue weighted by atomic mass is 10.0. The summed E-state index contributed by atoms with van der Waals surface area (Å²) in [6.45, 7) is 2.08. The van der Waals surface area contributed by atoms with E-state index in [0.29, 0.717) is 5.88 Å². The minimum absolute atomic E-state index is 0.653. The van der Waals surface area contributed by atoms with Crippen molar-refractivity contribution in [3.8, 4) is 28.3 Å². The first kappa shape index (κ1) is 13.4. The number of ether oxygens (including phenoxy) is 1. The van der Waals surface area contributed by atoms with E-state index < -0.39 is 0 Å². The molecule has 0 N–H and O–H groups in total. The molecular formula is C19H17NO. The van der Waals surface area contributed by atoms with Gasteiger partial charge in [-0.15, -0.1) is 0 Å². The van der Waals surface area contributed by atoms with Gasteiger partial charge in [-0.1, -0.05) is 60.2 Å². The molecule has 2 nitrogen and oxygen atoms in total. The van der Waals surface area contributed by atoms with Crippen LogP contribution in [0.1, 0.15) is 5.56 Å². The predicted octanol–water partition coefficient (Wildman–Crippen LogP) is 4.73. The van der Waals surface area contributed by atoms with Crippen molar-refractivity contribution in [3.63, 3.8) is 0 Å². The lowest BCUT2D eigenvalue weighted by Gasteiger charge is -2.10. The number of pyridine rings is 1. The van der Waals surface area contributed by atoms with Crippen LogP contribution in [0, 0.1) is 6.92 Å². The molecule has 0 radical (unpaired) electrons. The van der Waals surface area contributed by atoms with E-state index >= 15 is 0 Å². The fraction of sp³-hybridized carbons (Fsp3) is 0.105. The molecule has 0 bridgehead atoms. The smallest absolute Gasteiger partial charge is 0.221 e. The van der Waals surface area contributed by atoms with Gasteiger partial charge in [0.2, 0.25) is 5.88 Å². The van der Waals surface area contributed by atoms with Gasteiger partial charge in [-0.2, -0.15) is 0 Å². The maximum absolute atomic E-state index is 5.48. The van der Waals surface area contributed by atoms with Crippen molar-refractivity contribution in [1.82, 2.24) is 4.98 Å². The Labute approximate surface area is 125 Å². The molecule has 0 spiro atoms. The second-order valence-electron chi connectivity index (χ2n) is 4.99. The molecule has 0 amide bonds. The normalized spacial score (nSPS) is 10.4. The highest BCUT2D eigenvalue weighted by Crippen LogP contribution is 2.31. The van der Waals surface area contributed by atoms with Crippen LogP contribution in [0.25, 0.3) is 22.4 Å². The first-order valence-electron chi connectivity index (χ1n) is 6.95. The Morgan fingerprint density at radius 2 is 1.48 bits per heavy atom. The third-order valence-corrected chi connectivity index (χ3v) is 3.49. The van der Waals surface area contributed by atoms with Gasteiger partial charge in [-0.3, -0.25) is 0 Å². The summed E-state index contributed by atoms with van der Waals surface area (Å²) < 4.78 is 5.48. The first-order valence-corrected chi connectivity index (χ1v) is 6.95. The minimum atomic E-state index is 0.653. The summed E-state index contributed by atoms with van der Waals surface area (Å²) in [6.07, 6.45) is 0. The number of hydrogen-bond donors (Lipinski definition) is 0. The SMILES string of the molecule is COc1nc(-c2ccccc2)ccc1-c1ccc(C)cc1. The van der Waals surface area contributed by atoms with E-state index in [-0.39, 0.29) is 0 Å². The van der Waals surface area contributed by atoms with Crippen LogP contribution < -0.4 is 4.74 Å². The Kier molecular flexibility index (Phi) is 3.69. The molecule has 0 saturated carbocycles. The molecule has 0 saturated heterocycles. The Morgan fingerprint density at radius 1 is 0.762 bits per heavy atom. The zero-order chi connectivity index (χ0) is 14.7. The maximum atomic E-state index is 5.48. The summed E-state index contributed by atoms with van der Waals surface area (Å²) in [5, 5.41) is 0. The first-order chi connectivity index (χ1) is 10.3. The van der Waals surface area contributed by atoms with Gasteiger partial charge in [0.05, 0.1) is 12.8 Å². The number of benzene rings is 2. The second-order valence-corrected chi connectivity index (χ2v) is 4.99. The predicted molar refractivity (Wildman–Crippen MR) is 86.4 cm³/mol. The molecule has 3 aromatic rings. The molecule has 2 heteroatoms. The quantitative estimate of drug-likeness (QED) is 0.689. The van der Waals surface area contributed by atoms with Crippen molar-refractivity contribution in [2.24, 2.45) is 0 Å². The highest BCUT2D eigenvalue weighted by atomic mass is 16.5. The second kappa shape index (κ2) is 5.80. The van der Waals surface area contributed by atoms with E-state index in [1.807, 2.05) is 36.4 Å². The van der Waals surface area contributed by atoms with Gasteiger partial charge in [0, 0.05) is 11.1 Å². The van der Waals surface area contributed by atoms with E-state index in [1.165, 1.54) is 5.56 Å². The fourth-order valence-electron chi connectivity index (χ4n) is 2.32. The summed E-state index contributed by atoms with van der Waals surface area (Å²) in [7, 11) is 1.66. The van der Waals surface area contributed by atoms with Gasteiger partial charge < -0.3 is 4.74 Å². The molecule has 2 aromatic carbocycles. The standard InChI is InChI=1S/C19H17NO/c1-14-8-10-15(11-9-14)17-12-13-18(20-19(17)21-2)16-6-4-3-5-7-16/h3-13H,1-2H3. The Hall–Kier alpha value is -2.61. The number of aromatic nitrogens is 1. The van der Waals surface area contributed by atoms with Crippen molar-refractivity contribution < 1.29 is 4.74 Å². The fourth-order valence-corrected chi connectivity index (χ4v) is 2.32. The topological polar surface area (TPSA) is 22.1 Å². The summed E-state index contributed by atoms with van der Waals surface area (Å²) in [6, 6.07) is 22.6. The van der Waals surface area contributed by atoms with Crippen LogP contribution in [0.15, 0.2) is 66.7 Å². The van der Waals surface area contributed by atoms with E-state index in [0.717, 1.165) is 22.4 Å². The zero-order valence-electron chi connectivity index (χ0n) is 12.2. The molecule has 0 aliphatic carbocycles. The van der Waals surface area contributed by atoms with E-state index in [1.54, 1.807) is 7.11 Å². The molecule has 1 aromatic heterocycles. The number of aryl methyl sites for hydroxylation is 1. The number of rotatable bonds is 3. The van der Waals surface area contributed by atoms with E-state index in [2.05, 4.69) is 42.2 Å². The zero-order valence-corrected chi connectivity index (χ0v) is 12.2. The summed E-state index contributed by atoms with van der Waals surface area (Å²) in [4.78, 5) is 4.64. The van der Waals surface area contributed by atoms with Gasteiger partial charge in [0.25, 0.3) is 0 Å². The van der Waals surface area contributed by atoms with E-state index in [9.17, 15) is 0 Å². The van der Waals surface area contributed by atoms with Crippen molar-refractivity contribution in [3.05, 3.63) is 72.3 Å². The van der Waals surface area contributed by atoms with Crippen molar-refractivity contribution >= 4 is 0 Å². The van der Waals surface area contributed by atoms with Gasteiger partial charge in [0.1, 0.15) is 0 Å². The number of methoxy groups -OCH3 is 1. The van der Waals surface area contributed by atoms with Crippen LogP contribution in [0.5, 0.6) is 5.88 Å². The molecule has 1 heterocycles. The van der Waals surface area contributed by atoms with Gasteiger partial charge in [-0.05, 0) is 24.6 Å². The third kappa shape index (κ3) is 2.79. The van der Waals surface area contributed by atoms with Crippen molar-refractivity contribution in [1.29, 1.82) is 0 Å². The summed E-state index contributed by atoms with van der Waals surface area (Å²) in [5.41, 5.74) is 5.38. The van der Waals surface area contributed by atoms with Crippen molar-refractivity contribution in [2.45, 2.75) is 6.92 Å². The molecule has 0 aliphatic rings. The molecule has 0 unspecified atom stereocenters. The summed E-state index contributed by atoms with van der Waals surface area (Å²) in [5.74, 6) is 0.653. The van der Waals surface area contributed by atoms with E-state index in [4.69, 9.17) is 4.74 Å². The van der Waals surface area contributed by atoms with Crippen LogP contribution in [0.3, 0.4) is 0 Å². The average molecular weight is 275 g/mol. The number of hydrogen-bond acceptors (Lipinski definition) is 2. The highest BCUT2D eigenvalue weighted by molar-refractivity contribution is 5.72. The van der Waals surface area contributed by atoms with Crippen LogP contribution in [-0.4, -0.2) is 12.1 Å². The monoisotopic (exact) mass is 275 g/mol. The lowest BCUT2D eigenvalue weighted by Crippen LogP contribution is -1.94. The highest BCUT2D eigenvalue weighted by Gasteiger charge is 2.09. The average Bonchev–Trinajstić information content (AvgIpc) is 2.56. The minimum Gasteiger partial charge on any atom is -0.481 e. The molecule has 0 atom stereocenters. The number of nitrogens with zero attached hydrogens (tertiary/aromatic N) is 1. The van der Waals surface area contributed by atoms with Gasteiger partial charge in [-0.25, -0.2) is 4.98 Å². The molecule has 0 fully saturated rings. The molecular weight excluding hydrogens is 258 g/mol. The summed E-state index contributed by atoms with van der Waals surface area (Å²) >= 11 is 0. The Bertz CT molecular complexity index is 733.